The number of anilines is 1. The third-order valence-electron chi connectivity index (χ3n) is 2.71. The number of hydrogen-bond acceptors (Lipinski definition) is 4. The maximum Gasteiger partial charge on any atom is 0.362 e. The van der Waals surface area contributed by atoms with Gasteiger partial charge in [-0.25, -0.2) is 4.79 Å². The van der Waals surface area contributed by atoms with E-state index in [0.717, 1.165) is 11.8 Å². The molecule has 0 saturated heterocycles. The van der Waals surface area contributed by atoms with Crippen LogP contribution in [0.3, 0.4) is 0 Å². The largest absolute Gasteiger partial charge is 0.479 e. The molecule has 8 heteroatoms. The lowest BCUT2D eigenvalue weighted by molar-refractivity contribution is -0.140. The average molecular weight is 275 g/mol. The number of para-hydroxylation sites is 1. The summed E-state index contributed by atoms with van der Waals surface area (Å²) in [5, 5.41) is 15.8. The molecule has 0 saturated carbocycles. The number of carboxylic acid groups (broad SMARTS) is 1. The van der Waals surface area contributed by atoms with E-state index < -0.39 is 25.6 Å². The summed E-state index contributed by atoms with van der Waals surface area (Å²) in [6, 6.07) is 7.70. The Labute approximate surface area is 103 Å². The summed E-state index contributed by atoms with van der Waals surface area (Å²) < 4.78 is 11.4. The number of hydrogen-bond donors (Lipinski definition) is 4. The zero-order valence-corrected chi connectivity index (χ0v) is 10.5. The number of aliphatic hydroxyl groups excluding tert-OH is 1. The first-order valence-electron chi connectivity index (χ1n) is 4.97. The zero-order valence-electron chi connectivity index (χ0n) is 9.59. The van der Waals surface area contributed by atoms with E-state index in [1.807, 2.05) is 0 Å². The van der Waals surface area contributed by atoms with Gasteiger partial charge in [-0.2, -0.15) is 0 Å². The lowest BCUT2D eigenvalue weighted by Crippen LogP contribution is -2.52. The van der Waals surface area contributed by atoms with Crippen LogP contribution >= 0.6 is 7.60 Å². The second-order valence-electron chi connectivity index (χ2n) is 3.78. The standard InChI is InChI=1S/C10H14NO6P/c1-10(9(13)14,18(15,16)17)11(7-12)8-5-3-2-4-6-8/h2-6,12H,7H2,1H3,(H,13,14)(H2,15,16,17). The van der Waals surface area contributed by atoms with Crippen molar-refractivity contribution in [3.8, 4) is 0 Å². The van der Waals surface area contributed by atoms with Gasteiger partial charge in [-0.05, 0) is 19.1 Å². The predicted octanol–water partition coefficient (Wildman–Crippen LogP) is 0.421. The summed E-state index contributed by atoms with van der Waals surface area (Å²) in [6.45, 7) is 0.0389. The first-order chi connectivity index (χ1) is 8.25. The summed E-state index contributed by atoms with van der Waals surface area (Å²) in [6.07, 6.45) is 0. The second-order valence-corrected chi connectivity index (χ2v) is 5.73. The SMILES string of the molecule is CC(C(=O)O)(N(CO)c1ccccc1)P(=O)(O)O. The first kappa shape index (κ1) is 14.7. The molecule has 1 atom stereocenters. The van der Waals surface area contributed by atoms with E-state index in [1.165, 1.54) is 12.1 Å². The van der Waals surface area contributed by atoms with E-state index in [-0.39, 0.29) is 5.69 Å². The Morgan fingerprint density at radius 2 is 1.83 bits per heavy atom. The fourth-order valence-corrected chi connectivity index (χ4v) is 2.22. The molecule has 0 aromatic heterocycles. The predicted molar refractivity (Wildman–Crippen MR) is 64.1 cm³/mol. The van der Waals surface area contributed by atoms with Crippen LogP contribution in [0, 0.1) is 0 Å². The van der Waals surface area contributed by atoms with Gasteiger partial charge in [0.05, 0.1) is 0 Å². The van der Waals surface area contributed by atoms with Gasteiger partial charge in [0, 0.05) is 5.69 Å². The van der Waals surface area contributed by atoms with Crippen molar-refractivity contribution in [3.63, 3.8) is 0 Å². The summed E-state index contributed by atoms with van der Waals surface area (Å²) in [7, 11) is -5.02. The summed E-state index contributed by atoms with van der Waals surface area (Å²) in [4.78, 5) is 30.4. The van der Waals surface area contributed by atoms with Gasteiger partial charge in [0.25, 0.3) is 0 Å². The van der Waals surface area contributed by atoms with Gasteiger partial charge in [-0.3, -0.25) is 4.57 Å². The molecule has 0 aliphatic rings. The van der Waals surface area contributed by atoms with Crippen molar-refractivity contribution in [2.45, 2.75) is 12.2 Å². The molecule has 0 heterocycles. The quantitative estimate of drug-likeness (QED) is 0.454. The van der Waals surface area contributed by atoms with Crippen LogP contribution in [-0.4, -0.2) is 38.0 Å². The second kappa shape index (κ2) is 5.07. The Morgan fingerprint density at radius 1 is 1.33 bits per heavy atom. The van der Waals surface area contributed by atoms with Crippen molar-refractivity contribution in [2.75, 3.05) is 11.6 Å². The van der Waals surface area contributed by atoms with E-state index in [1.54, 1.807) is 18.2 Å². The molecule has 0 fully saturated rings. The van der Waals surface area contributed by atoms with Crippen molar-refractivity contribution in [3.05, 3.63) is 30.3 Å². The molecule has 1 rings (SSSR count). The minimum absolute atomic E-state index is 0.202. The number of benzene rings is 1. The molecule has 1 unspecified atom stereocenters. The van der Waals surface area contributed by atoms with Crippen LogP contribution in [0.2, 0.25) is 0 Å². The fourth-order valence-electron chi connectivity index (χ4n) is 1.48. The van der Waals surface area contributed by atoms with Crippen LogP contribution in [0.15, 0.2) is 30.3 Å². The molecule has 0 amide bonds. The van der Waals surface area contributed by atoms with Crippen molar-refractivity contribution in [2.24, 2.45) is 0 Å². The lowest BCUT2D eigenvalue weighted by Gasteiger charge is -2.37. The molecule has 100 valence electrons. The van der Waals surface area contributed by atoms with Crippen LogP contribution < -0.4 is 4.90 Å². The van der Waals surface area contributed by atoms with Crippen LogP contribution in [0.5, 0.6) is 0 Å². The maximum atomic E-state index is 11.4. The summed E-state index contributed by atoms with van der Waals surface area (Å²) in [5.74, 6) is -1.71. The van der Waals surface area contributed by atoms with Crippen LogP contribution in [-0.2, 0) is 9.36 Å². The number of carboxylic acids is 1. The highest BCUT2D eigenvalue weighted by atomic mass is 31.2. The number of nitrogens with zero attached hydrogens (tertiary/aromatic N) is 1. The van der Waals surface area contributed by atoms with Crippen molar-refractivity contribution < 1.29 is 29.4 Å². The summed E-state index contributed by atoms with van der Waals surface area (Å²) >= 11 is 0. The molecular formula is C10H14NO6P. The Bertz CT molecular complexity index is 473. The van der Waals surface area contributed by atoms with Gasteiger partial charge in [0.1, 0.15) is 6.73 Å². The van der Waals surface area contributed by atoms with Gasteiger partial charge in [-0.1, -0.05) is 18.2 Å². The van der Waals surface area contributed by atoms with E-state index in [0.29, 0.717) is 0 Å². The topological polar surface area (TPSA) is 118 Å². The van der Waals surface area contributed by atoms with Crippen LogP contribution in [0.1, 0.15) is 6.92 Å². The molecule has 0 bridgehead atoms. The zero-order chi connectivity index (χ0) is 14.0. The highest BCUT2D eigenvalue weighted by molar-refractivity contribution is 7.55. The maximum absolute atomic E-state index is 11.4. The number of aliphatic hydroxyl groups is 1. The van der Waals surface area contributed by atoms with Crippen LogP contribution in [0.4, 0.5) is 5.69 Å². The lowest BCUT2D eigenvalue weighted by atomic mass is 10.2. The van der Waals surface area contributed by atoms with Crippen molar-refractivity contribution in [1.29, 1.82) is 0 Å². The minimum atomic E-state index is -5.02. The fraction of sp³-hybridized carbons (Fsp3) is 0.300. The molecule has 0 aliphatic heterocycles. The van der Waals surface area contributed by atoms with E-state index >= 15 is 0 Å². The highest BCUT2D eigenvalue weighted by Crippen LogP contribution is 2.53. The smallest absolute Gasteiger partial charge is 0.362 e. The molecule has 0 aliphatic carbocycles. The van der Waals surface area contributed by atoms with Gasteiger partial charge in [0.2, 0.25) is 5.28 Å². The number of aliphatic carboxylic acids is 1. The first-order valence-corrected chi connectivity index (χ1v) is 6.59. The third kappa shape index (κ3) is 2.39. The number of rotatable bonds is 5. The number of carbonyl (C=O) groups is 1. The molecule has 1 aromatic rings. The Hall–Kier alpha value is -1.40. The molecule has 1 aromatic carbocycles. The van der Waals surface area contributed by atoms with Crippen molar-refractivity contribution >= 4 is 19.3 Å². The van der Waals surface area contributed by atoms with E-state index in [9.17, 15) is 24.3 Å². The van der Waals surface area contributed by atoms with E-state index in [4.69, 9.17) is 5.11 Å². The molecule has 18 heavy (non-hydrogen) atoms. The van der Waals surface area contributed by atoms with Gasteiger partial charge >= 0.3 is 13.6 Å². The summed E-state index contributed by atoms with van der Waals surface area (Å²) in [5.41, 5.74) is 0.202. The molecular weight excluding hydrogens is 261 g/mol. The average Bonchev–Trinajstić information content (AvgIpc) is 2.29. The Kier molecular flexibility index (Phi) is 4.13. The third-order valence-corrected chi connectivity index (χ3v) is 4.27. The minimum Gasteiger partial charge on any atom is -0.479 e. The molecule has 4 N–H and O–H groups in total. The monoisotopic (exact) mass is 275 g/mol. The Morgan fingerprint density at radius 3 is 2.17 bits per heavy atom. The van der Waals surface area contributed by atoms with E-state index in [2.05, 4.69) is 0 Å². The van der Waals surface area contributed by atoms with Gasteiger partial charge < -0.3 is 24.9 Å². The van der Waals surface area contributed by atoms with Gasteiger partial charge in [0.15, 0.2) is 0 Å². The molecule has 7 nitrogen and oxygen atoms in total. The molecule has 0 radical (unpaired) electrons. The van der Waals surface area contributed by atoms with Crippen LogP contribution in [0.25, 0.3) is 0 Å². The molecule has 0 spiro atoms. The van der Waals surface area contributed by atoms with Gasteiger partial charge in [-0.15, -0.1) is 0 Å². The normalized spacial score (nSPS) is 14.9. The van der Waals surface area contributed by atoms with Crippen molar-refractivity contribution in [1.82, 2.24) is 0 Å². The Balaban J connectivity index is 3.37. The highest BCUT2D eigenvalue weighted by Gasteiger charge is 2.54.